The average Bonchev–Trinajstić information content (AvgIpc) is 3.34. The van der Waals surface area contributed by atoms with E-state index in [9.17, 15) is 4.39 Å². The molecule has 0 radical (unpaired) electrons. The van der Waals surface area contributed by atoms with E-state index >= 15 is 0 Å². The molecule has 1 aromatic heterocycles. The van der Waals surface area contributed by atoms with Crippen molar-refractivity contribution >= 4 is 0 Å². The third kappa shape index (κ3) is 5.71. The van der Waals surface area contributed by atoms with Gasteiger partial charge in [0, 0.05) is 31.6 Å². The van der Waals surface area contributed by atoms with Crippen LogP contribution in [0.4, 0.5) is 4.39 Å². The Balaban J connectivity index is 1.16. The normalized spacial score (nSPS) is 14.3. The number of imidazole rings is 1. The molecule has 5 rings (SSSR count). The Morgan fingerprint density at radius 3 is 2.38 bits per heavy atom. The molecule has 6 heteroatoms. The molecule has 3 aromatic carbocycles. The Labute approximate surface area is 199 Å². The highest BCUT2D eigenvalue weighted by molar-refractivity contribution is 5.64. The lowest BCUT2D eigenvalue weighted by Gasteiger charge is -2.26. The Morgan fingerprint density at radius 1 is 0.912 bits per heavy atom. The summed E-state index contributed by atoms with van der Waals surface area (Å²) in [4.78, 5) is 10.1. The molecule has 1 fully saturated rings. The van der Waals surface area contributed by atoms with Gasteiger partial charge in [0.25, 0.3) is 0 Å². The number of morpholine rings is 1. The van der Waals surface area contributed by atoms with Crippen LogP contribution in [0, 0.1) is 5.82 Å². The number of benzene rings is 3. The zero-order valence-corrected chi connectivity index (χ0v) is 19.0. The summed E-state index contributed by atoms with van der Waals surface area (Å²) in [5.41, 5.74) is 5.08. The lowest BCUT2D eigenvalue weighted by molar-refractivity contribution is 0.0322. The number of hydrogen-bond donors (Lipinski definition) is 1. The fourth-order valence-corrected chi connectivity index (χ4v) is 4.12. The third-order valence-electron chi connectivity index (χ3n) is 6.06. The number of nitrogens with one attached hydrogen (secondary N) is 1. The molecule has 0 bridgehead atoms. The summed E-state index contributed by atoms with van der Waals surface area (Å²) < 4.78 is 24.8. The molecule has 0 aliphatic carbocycles. The van der Waals surface area contributed by atoms with Gasteiger partial charge in [-0.1, -0.05) is 48.5 Å². The van der Waals surface area contributed by atoms with Crippen LogP contribution >= 0.6 is 0 Å². The number of halogens is 1. The van der Waals surface area contributed by atoms with Crippen LogP contribution < -0.4 is 4.74 Å². The van der Waals surface area contributed by atoms with Crippen LogP contribution in [0.5, 0.6) is 5.75 Å². The van der Waals surface area contributed by atoms with Crippen LogP contribution in [-0.4, -0.2) is 54.3 Å². The van der Waals surface area contributed by atoms with Crippen molar-refractivity contribution in [2.45, 2.75) is 6.42 Å². The van der Waals surface area contributed by atoms with E-state index in [0.29, 0.717) is 13.0 Å². The van der Waals surface area contributed by atoms with Crippen molar-refractivity contribution < 1.29 is 13.9 Å². The van der Waals surface area contributed by atoms with Crippen molar-refractivity contribution in [1.29, 1.82) is 0 Å². The van der Waals surface area contributed by atoms with Crippen LogP contribution in [0.1, 0.15) is 11.4 Å². The van der Waals surface area contributed by atoms with E-state index < -0.39 is 0 Å². The van der Waals surface area contributed by atoms with Crippen LogP contribution in [0.3, 0.4) is 0 Å². The maximum Gasteiger partial charge on any atom is 0.123 e. The summed E-state index contributed by atoms with van der Waals surface area (Å²) in [5, 5.41) is 0. The van der Waals surface area contributed by atoms with E-state index in [1.54, 1.807) is 12.3 Å². The SMILES string of the molecule is Fc1cccc(-c2cnc(Cc3ccc(-c4ccc(OCCN5CCOCC5)cc4)cc3)[nH]2)c1. The monoisotopic (exact) mass is 457 g/mol. The number of H-pyrrole nitrogens is 1. The number of aromatic amines is 1. The van der Waals surface area contributed by atoms with E-state index in [-0.39, 0.29) is 5.82 Å². The fraction of sp³-hybridized carbons (Fsp3) is 0.250. The molecule has 2 heterocycles. The first-order valence-electron chi connectivity index (χ1n) is 11.6. The second kappa shape index (κ2) is 10.6. The summed E-state index contributed by atoms with van der Waals surface area (Å²) >= 11 is 0. The van der Waals surface area contributed by atoms with Gasteiger partial charge >= 0.3 is 0 Å². The van der Waals surface area contributed by atoms with Crippen LogP contribution in [-0.2, 0) is 11.2 Å². The van der Waals surface area contributed by atoms with Crippen molar-refractivity contribution in [3.8, 4) is 28.1 Å². The maximum absolute atomic E-state index is 13.5. The Hall–Kier alpha value is -3.48. The molecule has 0 unspecified atom stereocenters. The van der Waals surface area contributed by atoms with Gasteiger partial charge in [-0.05, 0) is 41.0 Å². The number of ether oxygens (including phenoxy) is 2. The molecule has 4 aromatic rings. The van der Waals surface area contributed by atoms with Crippen LogP contribution in [0.25, 0.3) is 22.4 Å². The topological polar surface area (TPSA) is 50.4 Å². The zero-order chi connectivity index (χ0) is 23.2. The molecule has 0 saturated carbocycles. The first-order valence-corrected chi connectivity index (χ1v) is 11.6. The molecule has 1 N–H and O–H groups in total. The van der Waals surface area contributed by atoms with Crippen molar-refractivity contribution in [3.05, 3.63) is 96.2 Å². The van der Waals surface area contributed by atoms with Gasteiger partial charge in [-0.15, -0.1) is 0 Å². The molecule has 5 nitrogen and oxygen atoms in total. The predicted molar refractivity (Wildman–Crippen MR) is 131 cm³/mol. The van der Waals surface area contributed by atoms with Crippen LogP contribution in [0.15, 0.2) is 79.0 Å². The van der Waals surface area contributed by atoms with Crippen LogP contribution in [0.2, 0.25) is 0 Å². The predicted octanol–water partition coefficient (Wildman–Crippen LogP) is 5.18. The summed E-state index contributed by atoms with van der Waals surface area (Å²) in [6.45, 7) is 5.18. The molecule has 174 valence electrons. The van der Waals surface area contributed by atoms with E-state index in [4.69, 9.17) is 9.47 Å². The van der Waals surface area contributed by atoms with Crippen molar-refractivity contribution in [1.82, 2.24) is 14.9 Å². The summed E-state index contributed by atoms with van der Waals surface area (Å²) in [7, 11) is 0. The summed E-state index contributed by atoms with van der Waals surface area (Å²) in [6.07, 6.45) is 2.44. The molecule has 1 aliphatic rings. The number of nitrogens with zero attached hydrogens (tertiary/aromatic N) is 2. The van der Waals surface area contributed by atoms with Crippen molar-refractivity contribution in [2.75, 3.05) is 39.5 Å². The number of hydrogen-bond acceptors (Lipinski definition) is 4. The Morgan fingerprint density at radius 2 is 1.65 bits per heavy atom. The standard InChI is InChI=1S/C28H28FN3O2/c29-25-3-1-2-24(19-25)27-20-30-28(31-27)18-21-4-6-22(7-5-21)23-8-10-26(11-9-23)34-17-14-32-12-15-33-16-13-32/h1-11,19-20H,12-18H2,(H,30,31). The largest absolute Gasteiger partial charge is 0.492 e. The fourth-order valence-electron chi connectivity index (χ4n) is 4.12. The number of aromatic nitrogens is 2. The first kappa shape index (κ1) is 22.3. The second-order valence-corrected chi connectivity index (χ2v) is 8.45. The van der Waals surface area contributed by atoms with E-state index in [0.717, 1.165) is 72.4 Å². The van der Waals surface area contributed by atoms with Gasteiger partial charge in [-0.2, -0.15) is 0 Å². The quantitative estimate of drug-likeness (QED) is 0.396. The van der Waals surface area contributed by atoms with E-state index in [1.165, 1.54) is 12.1 Å². The van der Waals surface area contributed by atoms with Gasteiger partial charge in [0.15, 0.2) is 0 Å². The minimum atomic E-state index is -0.253. The first-order chi connectivity index (χ1) is 16.7. The number of rotatable bonds is 8. The van der Waals surface area contributed by atoms with Gasteiger partial charge < -0.3 is 14.5 Å². The minimum Gasteiger partial charge on any atom is -0.492 e. The Kier molecular flexibility index (Phi) is 6.98. The van der Waals surface area contributed by atoms with Crippen molar-refractivity contribution in [2.24, 2.45) is 0 Å². The van der Waals surface area contributed by atoms with Crippen molar-refractivity contribution in [3.63, 3.8) is 0 Å². The zero-order valence-electron chi connectivity index (χ0n) is 19.0. The Bertz CT molecular complexity index is 1200. The molecule has 1 saturated heterocycles. The van der Waals surface area contributed by atoms with Gasteiger partial charge in [-0.3, -0.25) is 4.90 Å². The molecule has 0 atom stereocenters. The minimum absolute atomic E-state index is 0.253. The van der Waals surface area contributed by atoms with E-state index in [2.05, 4.69) is 51.3 Å². The molecular formula is C28H28FN3O2. The highest BCUT2D eigenvalue weighted by Crippen LogP contribution is 2.24. The maximum atomic E-state index is 13.5. The van der Waals surface area contributed by atoms with Gasteiger partial charge in [0.2, 0.25) is 0 Å². The van der Waals surface area contributed by atoms with Gasteiger partial charge in [0.1, 0.15) is 24.0 Å². The summed E-state index contributed by atoms with van der Waals surface area (Å²) in [6, 6.07) is 23.2. The van der Waals surface area contributed by atoms with Gasteiger partial charge in [-0.25, -0.2) is 9.37 Å². The highest BCUT2D eigenvalue weighted by atomic mass is 19.1. The van der Waals surface area contributed by atoms with E-state index in [1.807, 2.05) is 18.2 Å². The lowest BCUT2D eigenvalue weighted by atomic mass is 10.0. The summed E-state index contributed by atoms with van der Waals surface area (Å²) in [5.74, 6) is 1.49. The molecule has 1 aliphatic heterocycles. The molecule has 0 amide bonds. The second-order valence-electron chi connectivity index (χ2n) is 8.45. The lowest BCUT2D eigenvalue weighted by Crippen LogP contribution is -2.38. The average molecular weight is 458 g/mol. The van der Waals surface area contributed by atoms with Gasteiger partial charge in [0.05, 0.1) is 25.1 Å². The smallest absolute Gasteiger partial charge is 0.123 e. The third-order valence-corrected chi connectivity index (χ3v) is 6.06. The molecule has 34 heavy (non-hydrogen) atoms. The molecular weight excluding hydrogens is 429 g/mol. The molecule has 0 spiro atoms. The highest BCUT2D eigenvalue weighted by Gasteiger charge is 2.10.